The highest BCUT2D eigenvalue weighted by atomic mass is 16.5. The number of urea groups is 1. The first kappa shape index (κ1) is 13.6. The van der Waals surface area contributed by atoms with Gasteiger partial charge in [-0.3, -0.25) is 4.79 Å². The molecule has 0 bridgehead atoms. The van der Waals surface area contributed by atoms with Crippen LogP contribution in [0, 0.1) is 11.8 Å². The van der Waals surface area contributed by atoms with Gasteiger partial charge in [-0.25, -0.2) is 4.79 Å². The highest BCUT2D eigenvalue weighted by Crippen LogP contribution is 2.30. The molecule has 104 valence electrons. The van der Waals surface area contributed by atoms with E-state index in [4.69, 9.17) is 4.74 Å². The van der Waals surface area contributed by atoms with Crippen LogP contribution in [0.25, 0.3) is 0 Å². The van der Waals surface area contributed by atoms with E-state index in [0.29, 0.717) is 12.3 Å². The van der Waals surface area contributed by atoms with Crippen LogP contribution in [0.3, 0.4) is 0 Å². The summed E-state index contributed by atoms with van der Waals surface area (Å²) in [5.74, 6) is -0.573. The fourth-order valence-corrected chi connectivity index (χ4v) is 2.77. The third-order valence-electron chi connectivity index (χ3n) is 3.66. The first-order valence-corrected chi connectivity index (χ1v) is 6.71. The molecule has 1 saturated heterocycles. The van der Waals surface area contributed by atoms with Crippen molar-refractivity contribution in [3.63, 3.8) is 0 Å². The molecule has 2 amide bonds. The SMILES string of the molecule is C=C1NC(=O)NC(C2CC=CCC2)C1C(=O)OCC. The van der Waals surface area contributed by atoms with Crippen molar-refractivity contribution in [1.29, 1.82) is 0 Å². The van der Waals surface area contributed by atoms with Crippen LogP contribution in [-0.2, 0) is 9.53 Å². The van der Waals surface area contributed by atoms with Gasteiger partial charge in [-0.05, 0) is 32.1 Å². The van der Waals surface area contributed by atoms with E-state index in [1.807, 2.05) is 0 Å². The number of amides is 2. The summed E-state index contributed by atoms with van der Waals surface area (Å²) in [5.41, 5.74) is 0.432. The lowest BCUT2D eigenvalue weighted by Gasteiger charge is -2.38. The largest absolute Gasteiger partial charge is 0.465 e. The maximum Gasteiger partial charge on any atom is 0.319 e. The van der Waals surface area contributed by atoms with Crippen LogP contribution in [0.5, 0.6) is 0 Å². The summed E-state index contributed by atoms with van der Waals surface area (Å²) < 4.78 is 5.10. The summed E-state index contributed by atoms with van der Waals surface area (Å²) in [6.07, 6.45) is 7.05. The predicted molar refractivity (Wildman–Crippen MR) is 71.2 cm³/mol. The van der Waals surface area contributed by atoms with Crippen LogP contribution in [0.15, 0.2) is 24.4 Å². The molecule has 2 rings (SSSR count). The quantitative estimate of drug-likeness (QED) is 0.602. The molecule has 1 fully saturated rings. The molecule has 0 spiro atoms. The van der Waals surface area contributed by atoms with Gasteiger partial charge in [0.2, 0.25) is 0 Å². The number of hydrogen-bond donors (Lipinski definition) is 2. The number of rotatable bonds is 3. The van der Waals surface area contributed by atoms with Gasteiger partial charge in [-0.15, -0.1) is 0 Å². The molecule has 0 aromatic carbocycles. The summed E-state index contributed by atoms with van der Waals surface area (Å²) in [4.78, 5) is 23.7. The van der Waals surface area contributed by atoms with Gasteiger partial charge in [0.25, 0.3) is 0 Å². The summed E-state index contributed by atoms with van der Waals surface area (Å²) in [6.45, 7) is 5.90. The van der Waals surface area contributed by atoms with Crippen molar-refractivity contribution in [2.24, 2.45) is 11.8 Å². The minimum absolute atomic E-state index is 0.231. The molecule has 0 saturated carbocycles. The van der Waals surface area contributed by atoms with Crippen LogP contribution >= 0.6 is 0 Å². The van der Waals surface area contributed by atoms with Crippen molar-refractivity contribution in [2.45, 2.75) is 32.2 Å². The summed E-state index contributed by atoms with van der Waals surface area (Å²) >= 11 is 0. The predicted octanol–water partition coefficient (Wildman–Crippen LogP) is 1.72. The zero-order valence-corrected chi connectivity index (χ0v) is 11.1. The molecule has 3 atom stereocenters. The molecule has 2 aliphatic rings. The Bertz CT molecular complexity index is 417. The zero-order valence-electron chi connectivity index (χ0n) is 11.1. The maximum absolute atomic E-state index is 12.1. The normalized spacial score (nSPS) is 30.5. The number of nitrogens with one attached hydrogen (secondary N) is 2. The Hall–Kier alpha value is -1.78. The van der Waals surface area contributed by atoms with Crippen molar-refractivity contribution >= 4 is 12.0 Å². The standard InChI is InChI=1S/C14H20N2O3/c1-3-19-13(17)11-9(2)15-14(18)16-12(11)10-7-5-4-6-8-10/h4-5,10-12H,2-3,6-8H2,1H3,(H2,15,16,18). The summed E-state index contributed by atoms with van der Waals surface area (Å²) in [6, 6.07) is -0.518. The number of allylic oxidation sites excluding steroid dienone is 2. The summed E-state index contributed by atoms with van der Waals surface area (Å²) in [7, 11) is 0. The van der Waals surface area contributed by atoms with E-state index in [2.05, 4.69) is 29.4 Å². The monoisotopic (exact) mass is 264 g/mol. The second-order valence-electron chi connectivity index (χ2n) is 4.92. The smallest absolute Gasteiger partial charge is 0.319 e. The van der Waals surface area contributed by atoms with Crippen molar-refractivity contribution in [2.75, 3.05) is 6.61 Å². The van der Waals surface area contributed by atoms with Gasteiger partial charge in [0.05, 0.1) is 12.6 Å². The van der Waals surface area contributed by atoms with Gasteiger partial charge in [0.15, 0.2) is 0 Å². The van der Waals surface area contributed by atoms with Gasteiger partial charge >= 0.3 is 12.0 Å². The topological polar surface area (TPSA) is 67.4 Å². The molecule has 19 heavy (non-hydrogen) atoms. The van der Waals surface area contributed by atoms with E-state index in [9.17, 15) is 9.59 Å². The molecule has 1 heterocycles. The van der Waals surface area contributed by atoms with E-state index in [1.165, 1.54) is 0 Å². The average Bonchev–Trinajstić information content (AvgIpc) is 2.39. The van der Waals surface area contributed by atoms with Gasteiger partial charge in [0.1, 0.15) is 5.92 Å². The maximum atomic E-state index is 12.1. The lowest BCUT2D eigenvalue weighted by molar-refractivity contribution is -0.148. The first-order valence-electron chi connectivity index (χ1n) is 6.71. The number of esters is 1. The second-order valence-corrected chi connectivity index (χ2v) is 4.92. The highest BCUT2D eigenvalue weighted by molar-refractivity contribution is 5.85. The Labute approximate surface area is 113 Å². The van der Waals surface area contributed by atoms with E-state index >= 15 is 0 Å². The molecule has 3 unspecified atom stereocenters. The minimum Gasteiger partial charge on any atom is -0.465 e. The molecular weight excluding hydrogens is 244 g/mol. The van der Waals surface area contributed by atoms with E-state index < -0.39 is 5.92 Å². The van der Waals surface area contributed by atoms with Crippen LogP contribution in [0.2, 0.25) is 0 Å². The molecule has 0 aromatic heterocycles. The van der Waals surface area contributed by atoms with E-state index in [1.54, 1.807) is 6.92 Å². The number of hydrogen-bond acceptors (Lipinski definition) is 3. The lowest BCUT2D eigenvalue weighted by Crippen LogP contribution is -2.58. The number of carbonyl (C=O) groups is 2. The highest BCUT2D eigenvalue weighted by Gasteiger charge is 2.41. The fraction of sp³-hybridized carbons (Fsp3) is 0.571. The minimum atomic E-state index is -0.505. The molecule has 1 aliphatic carbocycles. The van der Waals surface area contributed by atoms with Crippen molar-refractivity contribution in [1.82, 2.24) is 10.6 Å². The van der Waals surface area contributed by atoms with Gasteiger partial charge in [0, 0.05) is 5.70 Å². The molecule has 0 aromatic rings. The van der Waals surface area contributed by atoms with Crippen molar-refractivity contribution < 1.29 is 14.3 Å². The fourth-order valence-electron chi connectivity index (χ4n) is 2.77. The number of carbonyl (C=O) groups excluding carboxylic acids is 2. The van der Waals surface area contributed by atoms with Gasteiger partial charge in [-0.2, -0.15) is 0 Å². The van der Waals surface area contributed by atoms with Gasteiger partial charge < -0.3 is 15.4 Å². The molecule has 5 heteroatoms. The number of ether oxygens (including phenoxy) is 1. The molecule has 2 N–H and O–H groups in total. The molecule has 1 aliphatic heterocycles. The Morgan fingerprint density at radius 1 is 1.53 bits per heavy atom. The van der Waals surface area contributed by atoms with Gasteiger partial charge in [-0.1, -0.05) is 18.7 Å². The van der Waals surface area contributed by atoms with E-state index in [0.717, 1.165) is 19.3 Å². The average molecular weight is 264 g/mol. The lowest BCUT2D eigenvalue weighted by atomic mass is 9.79. The van der Waals surface area contributed by atoms with Crippen LogP contribution in [0.1, 0.15) is 26.2 Å². The zero-order chi connectivity index (χ0) is 13.8. The second kappa shape index (κ2) is 5.91. The molecule has 5 nitrogen and oxygen atoms in total. The first-order chi connectivity index (χ1) is 9.13. The Morgan fingerprint density at radius 2 is 2.32 bits per heavy atom. The third kappa shape index (κ3) is 2.97. The van der Waals surface area contributed by atoms with Crippen LogP contribution in [-0.4, -0.2) is 24.6 Å². The third-order valence-corrected chi connectivity index (χ3v) is 3.66. The Balaban J connectivity index is 2.18. The molecular formula is C14H20N2O3. The Kier molecular flexibility index (Phi) is 4.24. The van der Waals surface area contributed by atoms with Crippen molar-refractivity contribution in [3.05, 3.63) is 24.4 Å². The van der Waals surface area contributed by atoms with E-state index in [-0.39, 0.29) is 24.0 Å². The van der Waals surface area contributed by atoms with Crippen molar-refractivity contribution in [3.8, 4) is 0 Å². The Morgan fingerprint density at radius 3 is 2.95 bits per heavy atom. The summed E-state index contributed by atoms with van der Waals surface area (Å²) in [5, 5.41) is 5.43. The molecule has 0 radical (unpaired) electrons. The van der Waals surface area contributed by atoms with Crippen LogP contribution < -0.4 is 10.6 Å². The van der Waals surface area contributed by atoms with Crippen LogP contribution in [0.4, 0.5) is 4.79 Å².